The van der Waals surface area contributed by atoms with Crippen LogP contribution in [0.5, 0.6) is 0 Å². The number of nitrogens with two attached hydrogens (primary N) is 1. The monoisotopic (exact) mass is 237 g/mol. The molecular weight excluding hydrogens is 224 g/mol. The summed E-state index contributed by atoms with van der Waals surface area (Å²) in [7, 11) is 1.76. The normalized spacial score (nSPS) is 12.8. The minimum Gasteiger partial charge on any atom is -0.334 e. The van der Waals surface area contributed by atoms with E-state index in [1.165, 1.54) is 24.4 Å². The Kier molecular flexibility index (Phi) is 2.93. The lowest BCUT2D eigenvalue weighted by molar-refractivity contribution is 0.536. The van der Waals surface area contributed by atoms with Crippen molar-refractivity contribution in [2.24, 2.45) is 12.8 Å². The molecule has 0 saturated carbocycles. The van der Waals surface area contributed by atoms with Gasteiger partial charge in [0.25, 0.3) is 0 Å². The molecule has 1 aromatic carbocycles. The largest absolute Gasteiger partial charge is 0.334 e. The molecule has 0 amide bonds. The van der Waals surface area contributed by atoms with Crippen LogP contribution in [-0.4, -0.2) is 9.55 Å². The van der Waals surface area contributed by atoms with Crippen LogP contribution >= 0.6 is 0 Å². The highest BCUT2D eigenvalue weighted by Crippen LogP contribution is 2.24. The fourth-order valence-corrected chi connectivity index (χ4v) is 1.76. The van der Waals surface area contributed by atoms with Crippen molar-refractivity contribution in [2.45, 2.75) is 13.0 Å². The Hall–Kier alpha value is -1.75. The number of aromatic nitrogens is 2. The van der Waals surface area contributed by atoms with Gasteiger partial charge >= 0.3 is 0 Å². The summed E-state index contributed by atoms with van der Waals surface area (Å²) in [4.78, 5) is 4.06. The second-order valence-corrected chi connectivity index (χ2v) is 3.90. The van der Waals surface area contributed by atoms with Crippen LogP contribution < -0.4 is 5.73 Å². The van der Waals surface area contributed by atoms with Gasteiger partial charge in [-0.25, -0.2) is 13.8 Å². The highest BCUT2D eigenvalue weighted by atomic mass is 19.1. The van der Waals surface area contributed by atoms with E-state index in [2.05, 4.69) is 4.98 Å². The zero-order valence-electron chi connectivity index (χ0n) is 9.61. The third kappa shape index (κ3) is 1.93. The minimum absolute atomic E-state index is 0.129. The molecule has 0 radical (unpaired) electrons. The first-order valence-corrected chi connectivity index (χ1v) is 5.20. The van der Waals surface area contributed by atoms with Crippen molar-refractivity contribution in [3.05, 3.63) is 53.1 Å². The third-order valence-electron chi connectivity index (χ3n) is 2.89. The van der Waals surface area contributed by atoms with Gasteiger partial charge in [0, 0.05) is 12.6 Å². The summed E-state index contributed by atoms with van der Waals surface area (Å²) in [6, 6.07) is 2.85. The number of halogens is 2. The summed E-state index contributed by atoms with van der Waals surface area (Å²) >= 11 is 0. The van der Waals surface area contributed by atoms with Crippen LogP contribution in [0.4, 0.5) is 8.78 Å². The maximum atomic E-state index is 13.6. The number of benzene rings is 1. The van der Waals surface area contributed by atoms with Gasteiger partial charge in [0.05, 0.1) is 17.9 Å². The van der Waals surface area contributed by atoms with Crippen LogP contribution in [0, 0.1) is 18.6 Å². The Bertz CT molecular complexity index is 528. The molecule has 0 saturated heterocycles. The maximum Gasteiger partial charge on any atom is 0.131 e. The number of nitrogens with zero attached hydrogens (tertiary/aromatic N) is 2. The van der Waals surface area contributed by atoms with Crippen LogP contribution in [0.2, 0.25) is 0 Å². The van der Waals surface area contributed by atoms with Gasteiger partial charge in [-0.15, -0.1) is 0 Å². The van der Waals surface area contributed by atoms with Gasteiger partial charge in [-0.05, 0) is 19.1 Å². The standard InChI is InChI=1S/C12H13F2N3/c1-7-16-6-10(17(7)2)12(15)11-8(13)4-3-5-9(11)14/h3-6,12H,15H2,1-2H3. The average Bonchev–Trinajstić information content (AvgIpc) is 2.59. The average molecular weight is 237 g/mol. The molecule has 0 aliphatic heterocycles. The lowest BCUT2D eigenvalue weighted by Gasteiger charge is -2.14. The van der Waals surface area contributed by atoms with Crippen LogP contribution in [-0.2, 0) is 7.05 Å². The maximum absolute atomic E-state index is 13.6. The summed E-state index contributed by atoms with van der Waals surface area (Å²) in [6.07, 6.45) is 1.53. The molecule has 5 heteroatoms. The van der Waals surface area contributed by atoms with E-state index in [1.54, 1.807) is 18.5 Å². The van der Waals surface area contributed by atoms with E-state index in [9.17, 15) is 8.78 Å². The van der Waals surface area contributed by atoms with Gasteiger partial charge in [-0.3, -0.25) is 0 Å². The first kappa shape index (κ1) is 11.7. The number of hydrogen-bond donors (Lipinski definition) is 1. The van der Waals surface area contributed by atoms with E-state index in [0.29, 0.717) is 5.69 Å². The molecule has 2 rings (SSSR count). The fourth-order valence-electron chi connectivity index (χ4n) is 1.76. The zero-order valence-corrected chi connectivity index (χ0v) is 9.61. The van der Waals surface area contributed by atoms with E-state index in [4.69, 9.17) is 5.73 Å². The predicted molar refractivity (Wildman–Crippen MR) is 60.3 cm³/mol. The molecule has 0 fully saturated rings. The van der Waals surface area contributed by atoms with Crippen molar-refractivity contribution in [1.29, 1.82) is 0 Å². The summed E-state index contributed by atoms with van der Waals surface area (Å²) in [6.45, 7) is 1.80. The van der Waals surface area contributed by atoms with E-state index in [1.807, 2.05) is 0 Å². The molecule has 90 valence electrons. The smallest absolute Gasteiger partial charge is 0.131 e. The van der Waals surface area contributed by atoms with Crippen molar-refractivity contribution < 1.29 is 8.78 Å². The first-order valence-electron chi connectivity index (χ1n) is 5.20. The van der Waals surface area contributed by atoms with Gasteiger partial charge in [-0.1, -0.05) is 6.07 Å². The van der Waals surface area contributed by atoms with Gasteiger partial charge in [0.15, 0.2) is 0 Å². The molecule has 0 spiro atoms. The van der Waals surface area contributed by atoms with E-state index in [0.717, 1.165) is 5.82 Å². The quantitative estimate of drug-likeness (QED) is 0.868. The number of imidazole rings is 1. The zero-order chi connectivity index (χ0) is 12.6. The fraction of sp³-hybridized carbons (Fsp3) is 0.250. The van der Waals surface area contributed by atoms with Gasteiger partial charge < -0.3 is 10.3 Å². The first-order chi connectivity index (χ1) is 8.02. The number of aryl methyl sites for hydroxylation is 1. The minimum atomic E-state index is -0.859. The van der Waals surface area contributed by atoms with Gasteiger partial charge in [-0.2, -0.15) is 0 Å². The third-order valence-corrected chi connectivity index (χ3v) is 2.89. The molecule has 1 aromatic heterocycles. The van der Waals surface area contributed by atoms with Crippen LogP contribution in [0.3, 0.4) is 0 Å². The second kappa shape index (κ2) is 4.25. The van der Waals surface area contributed by atoms with Crippen LogP contribution in [0.25, 0.3) is 0 Å². The Morgan fingerprint density at radius 2 is 1.88 bits per heavy atom. The van der Waals surface area contributed by atoms with Crippen molar-refractivity contribution in [2.75, 3.05) is 0 Å². The topological polar surface area (TPSA) is 43.8 Å². The predicted octanol–water partition coefficient (Wildman–Crippen LogP) is 2.05. The lowest BCUT2D eigenvalue weighted by atomic mass is 10.0. The highest BCUT2D eigenvalue weighted by molar-refractivity contribution is 5.30. The molecule has 3 nitrogen and oxygen atoms in total. The Morgan fingerprint density at radius 1 is 1.29 bits per heavy atom. The SMILES string of the molecule is Cc1ncc(C(N)c2c(F)cccc2F)n1C. The summed E-state index contributed by atoms with van der Waals surface area (Å²) in [5, 5.41) is 0. The van der Waals surface area contributed by atoms with Gasteiger partial charge in [0.1, 0.15) is 17.5 Å². The molecule has 1 heterocycles. The number of hydrogen-bond acceptors (Lipinski definition) is 2. The molecule has 0 aliphatic carbocycles. The van der Waals surface area contributed by atoms with E-state index < -0.39 is 17.7 Å². The van der Waals surface area contributed by atoms with E-state index in [-0.39, 0.29) is 5.56 Å². The van der Waals surface area contributed by atoms with Crippen molar-refractivity contribution >= 4 is 0 Å². The van der Waals surface area contributed by atoms with E-state index >= 15 is 0 Å². The molecule has 0 bridgehead atoms. The Morgan fingerprint density at radius 3 is 2.35 bits per heavy atom. The van der Waals surface area contributed by atoms with Crippen molar-refractivity contribution in [3.63, 3.8) is 0 Å². The van der Waals surface area contributed by atoms with Crippen LogP contribution in [0.1, 0.15) is 23.1 Å². The molecule has 1 atom stereocenters. The molecule has 2 N–H and O–H groups in total. The van der Waals surface area contributed by atoms with Crippen LogP contribution in [0.15, 0.2) is 24.4 Å². The Labute approximate surface area is 97.9 Å². The van der Waals surface area contributed by atoms with Gasteiger partial charge in [0.2, 0.25) is 0 Å². The molecule has 17 heavy (non-hydrogen) atoms. The highest BCUT2D eigenvalue weighted by Gasteiger charge is 2.21. The lowest BCUT2D eigenvalue weighted by Crippen LogP contribution is -2.18. The molecule has 0 aliphatic rings. The summed E-state index contributed by atoms with van der Waals surface area (Å²) in [5.74, 6) is -0.542. The molecule has 2 aromatic rings. The van der Waals surface area contributed by atoms with Crippen molar-refractivity contribution in [3.8, 4) is 0 Å². The number of rotatable bonds is 2. The summed E-state index contributed by atoms with van der Waals surface area (Å²) < 4.78 is 28.9. The Balaban J connectivity index is 2.51. The second-order valence-electron chi connectivity index (χ2n) is 3.90. The van der Waals surface area contributed by atoms with Crippen molar-refractivity contribution in [1.82, 2.24) is 9.55 Å². The summed E-state index contributed by atoms with van der Waals surface area (Å²) in [5.41, 5.74) is 6.34. The molecule has 1 unspecified atom stereocenters. The molecular formula is C12H13F2N3.